The van der Waals surface area contributed by atoms with Gasteiger partial charge in [-0.3, -0.25) is 14.6 Å². The molecule has 1 aromatic carbocycles. The van der Waals surface area contributed by atoms with Gasteiger partial charge in [0.1, 0.15) is 9.71 Å². The lowest BCUT2D eigenvalue weighted by atomic mass is 10.1. The van der Waals surface area contributed by atoms with E-state index in [2.05, 4.69) is 15.3 Å². The third-order valence-corrected chi connectivity index (χ3v) is 6.88. The van der Waals surface area contributed by atoms with Gasteiger partial charge in [0.15, 0.2) is 0 Å². The molecule has 7 nitrogen and oxygen atoms in total. The van der Waals surface area contributed by atoms with Crippen LogP contribution in [0, 0.1) is 20.8 Å². The van der Waals surface area contributed by atoms with Gasteiger partial charge >= 0.3 is 0 Å². The van der Waals surface area contributed by atoms with E-state index in [1.165, 1.54) is 11.3 Å². The van der Waals surface area contributed by atoms with Crippen LogP contribution in [0.5, 0.6) is 0 Å². The van der Waals surface area contributed by atoms with Crippen molar-refractivity contribution in [2.24, 2.45) is 0 Å². The zero-order chi connectivity index (χ0) is 23.1. The second-order valence-electron chi connectivity index (χ2n) is 8.25. The summed E-state index contributed by atoms with van der Waals surface area (Å²) < 4.78 is 5.41. The fraction of sp³-hybridized carbons (Fsp3) is 0.280. The summed E-state index contributed by atoms with van der Waals surface area (Å²) in [5.74, 6) is -0.378. The standard InChI is InChI=1S/C25H24N4O3S/c1-14-12-15(2)27-24-20(14)21(22(33-24)25(31)29-8-10-32-11-9-29)28-23(30)18-13-16(3)26-19-7-5-4-6-17(18)19/h4-7,12-13H,8-11H2,1-3H3,(H,28,30). The molecule has 1 aliphatic heterocycles. The molecular weight excluding hydrogens is 436 g/mol. The lowest BCUT2D eigenvalue weighted by Crippen LogP contribution is -2.40. The van der Waals surface area contributed by atoms with Crippen LogP contribution in [0.25, 0.3) is 21.1 Å². The molecule has 5 rings (SSSR count). The normalized spacial score (nSPS) is 14.1. The van der Waals surface area contributed by atoms with Crippen molar-refractivity contribution < 1.29 is 14.3 Å². The first-order valence-electron chi connectivity index (χ1n) is 10.9. The molecule has 0 unspecified atom stereocenters. The number of hydrogen-bond acceptors (Lipinski definition) is 6. The molecule has 4 heterocycles. The molecule has 33 heavy (non-hydrogen) atoms. The van der Waals surface area contributed by atoms with E-state index in [0.29, 0.717) is 42.4 Å². The molecule has 3 aromatic heterocycles. The molecule has 1 N–H and O–H groups in total. The molecule has 1 fully saturated rings. The van der Waals surface area contributed by atoms with E-state index in [4.69, 9.17) is 4.74 Å². The number of fused-ring (bicyclic) bond motifs is 2. The summed E-state index contributed by atoms with van der Waals surface area (Å²) in [6.07, 6.45) is 0. The van der Waals surface area contributed by atoms with Crippen LogP contribution in [0.1, 0.15) is 37.0 Å². The third kappa shape index (κ3) is 3.96. The highest BCUT2D eigenvalue weighted by Gasteiger charge is 2.28. The van der Waals surface area contributed by atoms with Gasteiger partial charge in [-0.15, -0.1) is 11.3 Å². The van der Waals surface area contributed by atoms with E-state index in [9.17, 15) is 9.59 Å². The molecule has 0 saturated carbocycles. The van der Waals surface area contributed by atoms with E-state index in [0.717, 1.165) is 38.1 Å². The topological polar surface area (TPSA) is 84.4 Å². The Morgan fingerprint density at radius 3 is 2.55 bits per heavy atom. The van der Waals surface area contributed by atoms with E-state index in [-0.39, 0.29) is 11.8 Å². The maximum atomic E-state index is 13.6. The molecule has 8 heteroatoms. The number of ether oxygens (including phenoxy) is 1. The number of carbonyl (C=O) groups is 2. The first kappa shape index (κ1) is 21.5. The lowest BCUT2D eigenvalue weighted by molar-refractivity contribution is 0.0307. The summed E-state index contributed by atoms with van der Waals surface area (Å²) in [6, 6.07) is 11.3. The molecule has 1 aliphatic rings. The first-order valence-corrected chi connectivity index (χ1v) is 11.7. The molecule has 2 amide bonds. The third-order valence-electron chi connectivity index (χ3n) is 5.81. The van der Waals surface area contributed by atoms with E-state index < -0.39 is 0 Å². The number of rotatable bonds is 3. The van der Waals surface area contributed by atoms with Crippen LogP contribution in [0.4, 0.5) is 5.69 Å². The Hall–Kier alpha value is -3.36. The van der Waals surface area contributed by atoms with Crippen LogP contribution in [0.15, 0.2) is 36.4 Å². The molecule has 1 saturated heterocycles. The van der Waals surface area contributed by atoms with Crippen LogP contribution >= 0.6 is 11.3 Å². The summed E-state index contributed by atoms with van der Waals surface area (Å²) in [5.41, 5.74) is 4.42. The number of para-hydroxylation sites is 1. The van der Waals surface area contributed by atoms with Gasteiger partial charge in [-0.05, 0) is 44.5 Å². The number of nitrogens with one attached hydrogen (secondary N) is 1. The summed E-state index contributed by atoms with van der Waals surface area (Å²) >= 11 is 1.33. The Morgan fingerprint density at radius 1 is 1.03 bits per heavy atom. The van der Waals surface area contributed by atoms with Gasteiger partial charge < -0.3 is 15.0 Å². The highest BCUT2D eigenvalue weighted by atomic mass is 32.1. The smallest absolute Gasteiger partial charge is 0.266 e. The summed E-state index contributed by atoms with van der Waals surface area (Å²) in [4.78, 5) is 39.2. The number of anilines is 1. The van der Waals surface area contributed by atoms with Crippen molar-refractivity contribution >= 4 is 50.0 Å². The fourth-order valence-electron chi connectivity index (χ4n) is 4.30. The number of benzene rings is 1. The van der Waals surface area contributed by atoms with Crippen LogP contribution < -0.4 is 5.32 Å². The molecule has 4 aromatic rings. The van der Waals surface area contributed by atoms with Crippen molar-refractivity contribution in [3.8, 4) is 0 Å². The number of thiophene rings is 1. The maximum Gasteiger partial charge on any atom is 0.266 e. The average Bonchev–Trinajstić information content (AvgIpc) is 3.16. The zero-order valence-electron chi connectivity index (χ0n) is 18.8. The van der Waals surface area contributed by atoms with E-state index in [1.807, 2.05) is 51.1 Å². The molecular formula is C25H24N4O3S. The van der Waals surface area contributed by atoms with Crippen molar-refractivity contribution in [1.29, 1.82) is 0 Å². The van der Waals surface area contributed by atoms with Crippen LogP contribution in [-0.4, -0.2) is 53.0 Å². The van der Waals surface area contributed by atoms with Crippen LogP contribution in [-0.2, 0) is 4.74 Å². The highest BCUT2D eigenvalue weighted by molar-refractivity contribution is 7.21. The SMILES string of the molecule is Cc1cc(C(=O)Nc2c(C(=O)N3CCOCC3)sc3nc(C)cc(C)c23)c2ccccc2n1. The number of aryl methyl sites for hydroxylation is 3. The van der Waals surface area contributed by atoms with Crippen molar-refractivity contribution in [3.05, 3.63) is 63.8 Å². The van der Waals surface area contributed by atoms with Crippen molar-refractivity contribution in [3.63, 3.8) is 0 Å². The van der Waals surface area contributed by atoms with E-state index >= 15 is 0 Å². The minimum Gasteiger partial charge on any atom is -0.378 e. The molecule has 0 bridgehead atoms. The Kier molecular flexibility index (Phi) is 5.55. The van der Waals surface area contributed by atoms with Crippen molar-refractivity contribution in [2.45, 2.75) is 20.8 Å². The van der Waals surface area contributed by atoms with Crippen molar-refractivity contribution in [2.75, 3.05) is 31.6 Å². The van der Waals surface area contributed by atoms with Gasteiger partial charge in [-0.25, -0.2) is 4.98 Å². The maximum absolute atomic E-state index is 13.6. The number of pyridine rings is 2. The molecule has 0 atom stereocenters. The number of aromatic nitrogens is 2. The quantitative estimate of drug-likeness (QED) is 0.487. The van der Waals surface area contributed by atoms with Gasteiger partial charge in [-0.2, -0.15) is 0 Å². The lowest BCUT2D eigenvalue weighted by Gasteiger charge is -2.26. The molecule has 0 aliphatic carbocycles. The second kappa shape index (κ2) is 8.53. The van der Waals surface area contributed by atoms with Crippen LogP contribution in [0.3, 0.4) is 0 Å². The van der Waals surface area contributed by atoms with Gasteiger partial charge in [0.25, 0.3) is 11.8 Å². The van der Waals surface area contributed by atoms with Gasteiger partial charge in [-0.1, -0.05) is 18.2 Å². The van der Waals surface area contributed by atoms with Gasteiger partial charge in [0, 0.05) is 35.2 Å². The summed E-state index contributed by atoms with van der Waals surface area (Å²) in [5, 5.41) is 4.66. The van der Waals surface area contributed by atoms with Crippen molar-refractivity contribution in [1.82, 2.24) is 14.9 Å². The zero-order valence-corrected chi connectivity index (χ0v) is 19.6. The predicted octanol–water partition coefficient (Wildman–Crippen LogP) is 4.49. The number of carbonyl (C=O) groups excluding carboxylic acids is 2. The molecule has 0 radical (unpaired) electrons. The Balaban J connectivity index is 1.63. The number of hydrogen-bond donors (Lipinski definition) is 1. The largest absolute Gasteiger partial charge is 0.378 e. The van der Waals surface area contributed by atoms with Gasteiger partial charge in [0.05, 0.1) is 30.0 Å². The molecule has 0 spiro atoms. The highest BCUT2D eigenvalue weighted by Crippen LogP contribution is 2.38. The summed E-state index contributed by atoms with van der Waals surface area (Å²) in [7, 11) is 0. The number of nitrogens with zero attached hydrogens (tertiary/aromatic N) is 3. The number of morpholine rings is 1. The summed E-state index contributed by atoms with van der Waals surface area (Å²) in [6.45, 7) is 7.86. The Morgan fingerprint density at radius 2 is 1.76 bits per heavy atom. The Labute approximate surface area is 195 Å². The predicted molar refractivity (Wildman–Crippen MR) is 130 cm³/mol. The minimum absolute atomic E-state index is 0.107. The first-order chi connectivity index (χ1) is 15.9. The Bertz CT molecular complexity index is 1410. The van der Waals surface area contributed by atoms with Gasteiger partial charge in [0.2, 0.25) is 0 Å². The number of amides is 2. The molecule has 168 valence electrons. The monoisotopic (exact) mass is 460 g/mol. The fourth-order valence-corrected chi connectivity index (χ4v) is 5.52. The van der Waals surface area contributed by atoms with Crippen LogP contribution in [0.2, 0.25) is 0 Å². The minimum atomic E-state index is -0.271. The average molecular weight is 461 g/mol. The second-order valence-corrected chi connectivity index (χ2v) is 9.25. The van der Waals surface area contributed by atoms with E-state index in [1.54, 1.807) is 11.0 Å².